The minimum absolute atomic E-state index is 0.119. The molecule has 31 heavy (non-hydrogen) atoms. The zero-order chi connectivity index (χ0) is 21.5. The number of likely N-dealkylation sites (tertiary alicyclic amines) is 1. The Morgan fingerprint density at radius 2 is 1.87 bits per heavy atom. The molecule has 5 rings (SSSR count). The number of nitrogens with zero attached hydrogens (tertiary/aromatic N) is 2. The molecule has 2 aromatic carbocycles. The summed E-state index contributed by atoms with van der Waals surface area (Å²) >= 11 is 0. The molecule has 2 N–H and O–H groups in total. The van der Waals surface area contributed by atoms with Gasteiger partial charge in [-0.3, -0.25) is 9.59 Å². The molecule has 0 aromatic heterocycles. The maximum absolute atomic E-state index is 12.9. The number of rotatable bonds is 4. The van der Waals surface area contributed by atoms with Crippen LogP contribution in [0, 0.1) is 0 Å². The summed E-state index contributed by atoms with van der Waals surface area (Å²) in [6, 6.07) is 17.0. The minimum atomic E-state index is 0.119. The monoisotopic (exact) mass is 418 g/mol. The van der Waals surface area contributed by atoms with E-state index in [-0.39, 0.29) is 23.9 Å². The van der Waals surface area contributed by atoms with Crippen LogP contribution in [-0.4, -0.2) is 47.9 Å². The van der Waals surface area contributed by atoms with Gasteiger partial charge in [-0.25, -0.2) is 0 Å². The standard InChI is InChI=1S/C25H30N4O2/c1-3-24(30)29-16(2)12-22(21-6-4-5-7-23(21)29)27-18-10-8-17(9-11-18)25(31)28-15-19-13-20(28)14-26-19/h4-11,16,19-20,22,26-27H,3,12-15H2,1-2H3/t16-,19?,20?,22-/m1/s1. The number of nitrogens with one attached hydrogen (secondary N) is 2. The third-order valence-corrected chi connectivity index (χ3v) is 6.95. The molecular weight excluding hydrogens is 388 g/mol. The van der Waals surface area contributed by atoms with Crippen LogP contribution in [0.2, 0.25) is 0 Å². The molecule has 2 amide bonds. The Labute approximate surface area is 183 Å². The molecule has 162 valence electrons. The number of piperazine rings is 1. The fourth-order valence-electron chi connectivity index (χ4n) is 5.39. The highest BCUT2D eigenvalue weighted by molar-refractivity contribution is 5.96. The molecule has 6 nitrogen and oxygen atoms in total. The fourth-order valence-corrected chi connectivity index (χ4v) is 5.39. The van der Waals surface area contributed by atoms with E-state index in [1.54, 1.807) is 0 Å². The van der Waals surface area contributed by atoms with Crippen molar-refractivity contribution in [2.24, 2.45) is 0 Å². The number of para-hydroxylation sites is 1. The van der Waals surface area contributed by atoms with Gasteiger partial charge in [0.15, 0.2) is 0 Å². The van der Waals surface area contributed by atoms with E-state index < -0.39 is 0 Å². The predicted octanol–water partition coefficient (Wildman–Crippen LogP) is 3.56. The quantitative estimate of drug-likeness (QED) is 0.797. The van der Waals surface area contributed by atoms with Crippen LogP contribution in [0.4, 0.5) is 11.4 Å². The van der Waals surface area contributed by atoms with Crippen LogP contribution in [-0.2, 0) is 4.79 Å². The van der Waals surface area contributed by atoms with Gasteiger partial charge in [-0.05, 0) is 55.7 Å². The largest absolute Gasteiger partial charge is 0.378 e. The summed E-state index contributed by atoms with van der Waals surface area (Å²) in [7, 11) is 0. The van der Waals surface area contributed by atoms with Crippen LogP contribution in [0.25, 0.3) is 0 Å². The normalized spacial score (nSPS) is 26.6. The first-order valence-electron chi connectivity index (χ1n) is 11.4. The van der Waals surface area contributed by atoms with E-state index in [2.05, 4.69) is 23.6 Å². The summed E-state index contributed by atoms with van der Waals surface area (Å²) in [4.78, 5) is 29.4. The van der Waals surface area contributed by atoms with Gasteiger partial charge in [-0.1, -0.05) is 25.1 Å². The maximum Gasteiger partial charge on any atom is 0.254 e. The molecule has 2 fully saturated rings. The van der Waals surface area contributed by atoms with Crippen molar-refractivity contribution in [1.29, 1.82) is 0 Å². The third-order valence-electron chi connectivity index (χ3n) is 6.95. The predicted molar refractivity (Wildman–Crippen MR) is 122 cm³/mol. The fraction of sp³-hybridized carbons (Fsp3) is 0.440. The highest BCUT2D eigenvalue weighted by atomic mass is 16.2. The molecule has 0 aliphatic carbocycles. The molecule has 2 unspecified atom stereocenters. The summed E-state index contributed by atoms with van der Waals surface area (Å²) in [5, 5.41) is 7.08. The molecule has 2 bridgehead atoms. The van der Waals surface area contributed by atoms with Gasteiger partial charge < -0.3 is 20.4 Å². The van der Waals surface area contributed by atoms with Crippen molar-refractivity contribution in [3.8, 4) is 0 Å². The Kier molecular flexibility index (Phi) is 5.18. The number of carbonyl (C=O) groups is 2. The van der Waals surface area contributed by atoms with Gasteiger partial charge in [0.1, 0.15) is 0 Å². The van der Waals surface area contributed by atoms with Crippen molar-refractivity contribution in [1.82, 2.24) is 10.2 Å². The Morgan fingerprint density at radius 3 is 2.55 bits per heavy atom. The molecule has 6 heteroatoms. The lowest BCUT2D eigenvalue weighted by atomic mass is 9.91. The number of amides is 2. The summed E-state index contributed by atoms with van der Waals surface area (Å²) < 4.78 is 0. The average Bonchev–Trinajstić information content (AvgIpc) is 3.43. The average molecular weight is 419 g/mol. The van der Waals surface area contributed by atoms with Crippen molar-refractivity contribution < 1.29 is 9.59 Å². The zero-order valence-electron chi connectivity index (χ0n) is 18.2. The van der Waals surface area contributed by atoms with Gasteiger partial charge in [0.2, 0.25) is 5.91 Å². The number of hydrogen-bond acceptors (Lipinski definition) is 4. The van der Waals surface area contributed by atoms with Crippen molar-refractivity contribution in [3.05, 3.63) is 59.7 Å². The van der Waals surface area contributed by atoms with E-state index in [9.17, 15) is 9.59 Å². The number of benzene rings is 2. The lowest BCUT2D eigenvalue weighted by Crippen LogP contribution is -2.46. The van der Waals surface area contributed by atoms with Crippen LogP contribution in [0.15, 0.2) is 48.5 Å². The Hall–Kier alpha value is -2.86. The molecule has 2 aromatic rings. The SMILES string of the molecule is CCC(=O)N1c2ccccc2[C@H](Nc2ccc(C(=O)N3CC4CC3CN4)cc2)C[C@H]1C. The van der Waals surface area contributed by atoms with Crippen LogP contribution in [0.3, 0.4) is 0 Å². The van der Waals surface area contributed by atoms with Gasteiger partial charge in [-0.15, -0.1) is 0 Å². The third kappa shape index (κ3) is 3.59. The van der Waals surface area contributed by atoms with E-state index in [1.165, 1.54) is 0 Å². The lowest BCUT2D eigenvalue weighted by Gasteiger charge is -2.40. The van der Waals surface area contributed by atoms with Crippen LogP contribution in [0.1, 0.15) is 55.1 Å². The summed E-state index contributed by atoms with van der Waals surface area (Å²) in [6.45, 7) is 5.74. The van der Waals surface area contributed by atoms with Crippen LogP contribution >= 0.6 is 0 Å². The molecule has 4 atom stereocenters. The number of anilines is 2. The van der Waals surface area contributed by atoms with Crippen molar-refractivity contribution in [3.63, 3.8) is 0 Å². The van der Waals surface area contributed by atoms with Gasteiger partial charge in [-0.2, -0.15) is 0 Å². The molecule has 3 heterocycles. The smallest absolute Gasteiger partial charge is 0.254 e. The van der Waals surface area contributed by atoms with Gasteiger partial charge in [0.05, 0.1) is 6.04 Å². The molecular formula is C25H30N4O2. The van der Waals surface area contributed by atoms with E-state index in [1.807, 2.05) is 59.2 Å². The first-order valence-corrected chi connectivity index (χ1v) is 11.4. The Bertz CT molecular complexity index is 989. The molecule has 0 radical (unpaired) electrons. The highest BCUT2D eigenvalue weighted by Crippen LogP contribution is 2.39. The van der Waals surface area contributed by atoms with Crippen molar-refractivity contribution in [2.45, 2.75) is 57.3 Å². The maximum atomic E-state index is 12.9. The Balaban J connectivity index is 1.33. The summed E-state index contributed by atoms with van der Waals surface area (Å²) in [6.07, 6.45) is 2.41. The number of fused-ring (bicyclic) bond motifs is 3. The number of carbonyl (C=O) groups excluding carboxylic acids is 2. The first-order chi connectivity index (χ1) is 15.0. The van der Waals surface area contributed by atoms with Gasteiger partial charge >= 0.3 is 0 Å². The lowest BCUT2D eigenvalue weighted by molar-refractivity contribution is -0.118. The second kappa shape index (κ2) is 8.00. The summed E-state index contributed by atoms with van der Waals surface area (Å²) in [5.74, 6) is 0.290. The molecule has 2 saturated heterocycles. The van der Waals surface area contributed by atoms with E-state index in [0.29, 0.717) is 18.5 Å². The van der Waals surface area contributed by atoms with Crippen molar-refractivity contribution >= 4 is 23.2 Å². The van der Waals surface area contributed by atoms with E-state index in [0.717, 1.165) is 48.4 Å². The second-order valence-corrected chi connectivity index (χ2v) is 8.99. The Morgan fingerprint density at radius 1 is 1.10 bits per heavy atom. The first kappa shape index (κ1) is 20.1. The molecule has 0 saturated carbocycles. The van der Waals surface area contributed by atoms with Gasteiger partial charge in [0.25, 0.3) is 5.91 Å². The van der Waals surface area contributed by atoms with Crippen LogP contribution < -0.4 is 15.5 Å². The molecule has 3 aliphatic rings. The van der Waals surface area contributed by atoms with Crippen LogP contribution in [0.5, 0.6) is 0 Å². The van der Waals surface area contributed by atoms with E-state index >= 15 is 0 Å². The van der Waals surface area contributed by atoms with E-state index in [4.69, 9.17) is 0 Å². The molecule has 3 aliphatic heterocycles. The minimum Gasteiger partial charge on any atom is -0.378 e. The zero-order valence-corrected chi connectivity index (χ0v) is 18.2. The van der Waals surface area contributed by atoms with Gasteiger partial charge in [0, 0.05) is 54.6 Å². The second-order valence-electron chi connectivity index (χ2n) is 8.99. The topological polar surface area (TPSA) is 64.7 Å². The van der Waals surface area contributed by atoms with Crippen molar-refractivity contribution in [2.75, 3.05) is 23.3 Å². The number of hydrogen-bond donors (Lipinski definition) is 2. The molecule has 0 spiro atoms. The summed E-state index contributed by atoms with van der Waals surface area (Å²) in [5.41, 5.74) is 3.87. The highest BCUT2D eigenvalue weighted by Gasteiger charge is 2.40.